The molecule has 0 atom stereocenters. The van der Waals surface area contributed by atoms with Crippen LogP contribution in [0.5, 0.6) is 5.75 Å². The minimum absolute atomic E-state index is 0.303. The maximum Gasteiger partial charge on any atom is 0.330 e. The first kappa shape index (κ1) is 22.2. The number of nitrogens with zero attached hydrogens (tertiary/aromatic N) is 1. The molecule has 0 unspecified atom stereocenters. The van der Waals surface area contributed by atoms with Crippen LogP contribution in [-0.2, 0) is 22.4 Å². The molecule has 2 aromatic carbocycles. The third kappa shape index (κ3) is 6.00. The summed E-state index contributed by atoms with van der Waals surface area (Å²) < 4.78 is 4.85. The third-order valence-electron chi connectivity index (χ3n) is 5.14. The minimum atomic E-state index is -0.303. The van der Waals surface area contributed by atoms with Gasteiger partial charge in [-0.3, -0.25) is 0 Å². The van der Waals surface area contributed by atoms with Crippen molar-refractivity contribution in [3.05, 3.63) is 64.7 Å². The number of anilines is 2. The summed E-state index contributed by atoms with van der Waals surface area (Å²) in [5.74, 6) is 0.000235. The molecule has 0 saturated carbocycles. The van der Waals surface area contributed by atoms with E-state index in [1.165, 1.54) is 11.6 Å². The van der Waals surface area contributed by atoms with E-state index in [9.17, 15) is 9.90 Å². The second-order valence-electron chi connectivity index (χ2n) is 7.30. The number of carbonyl (C=O) groups excluding carboxylic acids is 1. The van der Waals surface area contributed by atoms with Gasteiger partial charge < -0.3 is 20.1 Å². The highest BCUT2D eigenvalue weighted by Crippen LogP contribution is 2.38. The van der Waals surface area contributed by atoms with E-state index in [1.54, 1.807) is 19.1 Å². The van der Waals surface area contributed by atoms with Crippen LogP contribution in [0.15, 0.2) is 48.6 Å². The molecular formula is C24H29ClN2O3. The van der Waals surface area contributed by atoms with Gasteiger partial charge in [0.2, 0.25) is 0 Å². The van der Waals surface area contributed by atoms with Gasteiger partial charge in [-0.15, -0.1) is 0 Å². The zero-order chi connectivity index (χ0) is 21.3. The number of aryl methyl sites for hydroxylation is 2. The fourth-order valence-corrected chi connectivity index (χ4v) is 3.89. The summed E-state index contributed by atoms with van der Waals surface area (Å²) in [6, 6.07) is 11.7. The zero-order valence-electron chi connectivity index (χ0n) is 17.4. The molecule has 160 valence electrons. The molecule has 0 bridgehead atoms. The smallest absolute Gasteiger partial charge is 0.330 e. The van der Waals surface area contributed by atoms with Crippen molar-refractivity contribution in [3.63, 3.8) is 0 Å². The van der Waals surface area contributed by atoms with Crippen LogP contribution in [0.1, 0.15) is 30.9 Å². The number of rotatable bonds is 9. The summed E-state index contributed by atoms with van der Waals surface area (Å²) in [5.41, 5.74) is 4.72. The monoisotopic (exact) mass is 428 g/mol. The lowest BCUT2D eigenvalue weighted by Gasteiger charge is -2.27. The van der Waals surface area contributed by atoms with E-state index in [2.05, 4.69) is 16.3 Å². The highest BCUT2D eigenvalue weighted by Gasteiger charge is 2.21. The lowest BCUT2D eigenvalue weighted by atomic mass is 10.0. The van der Waals surface area contributed by atoms with Crippen molar-refractivity contribution in [2.45, 2.75) is 32.6 Å². The van der Waals surface area contributed by atoms with Crippen LogP contribution in [0.3, 0.4) is 0 Å². The Labute approximate surface area is 183 Å². The van der Waals surface area contributed by atoms with Gasteiger partial charge in [-0.1, -0.05) is 23.7 Å². The number of ether oxygens (including phenoxy) is 1. The van der Waals surface area contributed by atoms with E-state index in [1.807, 2.05) is 24.3 Å². The number of phenols is 1. The van der Waals surface area contributed by atoms with Gasteiger partial charge in [0.15, 0.2) is 0 Å². The predicted molar refractivity (Wildman–Crippen MR) is 122 cm³/mol. The third-order valence-corrected chi connectivity index (χ3v) is 5.38. The number of esters is 1. The Morgan fingerprint density at radius 3 is 2.83 bits per heavy atom. The van der Waals surface area contributed by atoms with Crippen LogP contribution >= 0.6 is 11.6 Å². The van der Waals surface area contributed by atoms with Crippen molar-refractivity contribution < 1.29 is 14.6 Å². The number of fused-ring (bicyclic) bond motifs is 2. The zero-order valence-corrected chi connectivity index (χ0v) is 18.1. The lowest BCUT2D eigenvalue weighted by molar-refractivity contribution is -0.137. The second kappa shape index (κ2) is 11.0. The Bertz CT molecular complexity index is 898. The molecule has 3 rings (SSSR count). The number of aromatic hydroxyl groups is 1. The van der Waals surface area contributed by atoms with Gasteiger partial charge in [0.05, 0.1) is 6.61 Å². The fourth-order valence-electron chi connectivity index (χ4n) is 3.73. The molecule has 0 spiro atoms. The minimum Gasteiger partial charge on any atom is -0.508 e. The van der Waals surface area contributed by atoms with Crippen LogP contribution in [0.4, 0.5) is 11.4 Å². The standard InChI is InChI=1S/C24H29ClN2O3/c1-2-30-24(29)6-5-14-26-13-3-4-15-27-22-12-11-21(28)16-19(22)8-7-18-9-10-20(25)17-23(18)27/h5-6,9-12,16-17,26,28H,2-4,7-8,13-15H2,1H3/b6-5+. The molecule has 1 aliphatic heterocycles. The van der Waals surface area contributed by atoms with Gasteiger partial charge >= 0.3 is 5.97 Å². The van der Waals surface area contributed by atoms with E-state index < -0.39 is 0 Å². The van der Waals surface area contributed by atoms with Crippen LogP contribution in [0.2, 0.25) is 5.02 Å². The molecule has 0 amide bonds. The Hall–Kier alpha value is -2.50. The molecule has 0 fully saturated rings. The van der Waals surface area contributed by atoms with Crippen molar-refractivity contribution in [2.75, 3.05) is 31.1 Å². The topological polar surface area (TPSA) is 61.8 Å². The van der Waals surface area contributed by atoms with Crippen LogP contribution in [-0.4, -0.2) is 37.3 Å². The van der Waals surface area contributed by atoms with Crippen molar-refractivity contribution in [3.8, 4) is 5.75 Å². The first-order valence-corrected chi connectivity index (χ1v) is 10.9. The van der Waals surface area contributed by atoms with E-state index in [0.29, 0.717) is 18.9 Å². The summed E-state index contributed by atoms with van der Waals surface area (Å²) in [6.07, 6.45) is 7.07. The molecule has 30 heavy (non-hydrogen) atoms. The fraction of sp³-hybridized carbons (Fsp3) is 0.375. The van der Waals surface area contributed by atoms with Crippen molar-refractivity contribution in [1.29, 1.82) is 0 Å². The van der Waals surface area contributed by atoms with E-state index in [4.69, 9.17) is 16.3 Å². The second-order valence-corrected chi connectivity index (χ2v) is 7.74. The Balaban J connectivity index is 1.59. The van der Waals surface area contributed by atoms with Crippen LogP contribution < -0.4 is 10.2 Å². The van der Waals surface area contributed by atoms with Gasteiger partial charge in [-0.2, -0.15) is 0 Å². The predicted octanol–water partition coefficient (Wildman–Crippen LogP) is 4.77. The number of benzene rings is 2. The molecule has 5 nitrogen and oxygen atoms in total. The SMILES string of the molecule is CCOC(=O)/C=C/CNCCCCN1c2ccc(O)cc2CCc2ccc(Cl)cc21. The summed E-state index contributed by atoms with van der Waals surface area (Å²) in [7, 11) is 0. The largest absolute Gasteiger partial charge is 0.508 e. The maximum absolute atomic E-state index is 11.3. The number of hydrogen-bond acceptors (Lipinski definition) is 5. The number of carbonyl (C=O) groups is 1. The summed E-state index contributed by atoms with van der Waals surface area (Å²) in [6.45, 7) is 4.56. The molecule has 6 heteroatoms. The molecule has 0 radical (unpaired) electrons. The molecule has 0 saturated heterocycles. The van der Waals surface area contributed by atoms with Gasteiger partial charge in [0, 0.05) is 35.6 Å². The normalized spacial score (nSPS) is 13.1. The first-order chi connectivity index (χ1) is 14.6. The highest BCUT2D eigenvalue weighted by molar-refractivity contribution is 6.30. The highest BCUT2D eigenvalue weighted by atomic mass is 35.5. The quantitative estimate of drug-likeness (QED) is 0.342. The van der Waals surface area contributed by atoms with Gasteiger partial charge in [-0.05, 0) is 80.6 Å². The van der Waals surface area contributed by atoms with E-state index in [-0.39, 0.29) is 5.97 Å². The Kier molecular flexibility index (Phi) is 8.17. The van der Waals surface area contributed by atoms with Crippen molar-refractivity contribution in [1.82, 2.24) is 5.32 Å². The average molecular weight is 429 g/mol. The first-order valence-electron chi connectivity index (χ1n) is 10.5. The van der Waals surface area contributed by atoms with Crippen molar-refractivity contribution >= 4 is 28.9 Å². The number of nitrogens with one attached hydrogen (secondary N) is 1. The van der Waals surface area contributed by atoms with Crippen molar-refractivity contribution in [2.24, 2.45) is 0 Å². The molecular weight excluding hydrogens is 400 g/mol. The lowest BCUT2D eigenvalue weighted by Crippen LogP contribution is -2.22. The maximum atomic E-state index is 11.3. The van der Waals surface area contributed by atoms with E-state index >= 15 is 0 Å². The molecule has 2 aromatic rings. The van der Waals surface area contributed by atoms with Gasteiger partial charge in [0.25, 0.3) is 0 Å². The molecule has 2 N–H and O–H groups in total. The molecule has 1 aliphatic rings. The average Bonchev–Trinajstić information content (AvgIpc) is 2.86. The van der Waals surface area contributed by atoms with Crippen LogP contribution in [0, 0.1) is 0 Å². The molecule has 0 aliphatic carbocycles. The van der Waals surface area contributed by atoms with Gasteiger partial charge in [-0.25, -0.2) is 4.79 Å². The van der Waals surface area contributed by atoms with Crippen LogP contribution in [0.25, 0.3) is 0 Å². The number of halogens is 1. The summed E-state index contributed by atoms with van der Waals surface area (Å²) in [4.78, 5) is 13.6. The molecule has 1 heterocycles. The summed E-state index contributed by atoms with van der Waals surface area (Å²) >= 11 is 6.31. The number of hydrogen-bond donors (Lipinski definition) is 2. The van der Waals surface area contributed by atoms with E-state index in [0.717, 1.165) is 60.7 Å². The Morgan fingerprint density at radius 2 is 2.00 bits per heavy atom. The molecule has 0 aromatic heterocycles. The Morgan fingerprint density at radius 1 is 1.17 bits per heavy atom. The number of unbranched alkanes of at least 4 members (excludes halogenated alkanes) is 1. The summed E-state index contributed by atoms with van der Waals surface area (Å²) in [5, 5.41) is 14.0. The van der Waals surface area contributed by atoms with Gasteiger partial charge in [0.1, 0.15) is 5.75 Å². The number of phenolic OH excluding ortho intramolecular Hbond substituents is 1.